The topological polar surface area (TPSA) is 54.0 Å². The molecule has 334 valence electrons. The molecule has 0 amide bonds. The van der Waals surface area contributed by atoms with Crippen LogP contribution in [-0.4, -0.2) is 17.2 Å². The van der Waals surface area contributed by atoms with E-state index in [1.54, 1.807) is 0 Å². The van der Waals surface area contributed by atoms with Crippen molar-refractivity contribution in [3.8, 4) is 28.7 Å². The fourth-order valence-corrected chi connectivity index (χ4v) is 8.51. The van der Waals surface area contributed by atoms with E-state index in [2.05, 4.69) is 125 Å². The Morgan fingerprint density at radius 2 is 1.03 bits per heavy atom. The lowest BCUT2D eigenvalue weighted by Crippen LogP contribution is -2.36. The molecule has 2 heterocycles. The molecule has 0 aromatic heterocycles. The minimum absolute atomic E-state index is 0.225. The fourth-order valence-electron chi connectivity index (χ4n) is 8.51. The third-order valence-corrected chi connectivity index (χ3v) is 12.4. The Bertz CT molecular complexity index is 2010. The summed E-state index contributed by atoms with van der Waals surface area (Å²) in [5.74, 6) is 3.15. The van der Waals surface area contributed by atoms with Crippen LogP contribution in [0.1, 0.15) is 188 Å². The summed E-state index contributed by atoms with van der Waals surface area (Å²) in [6.45, 7) is 27.7. The maximum Gasteiger partial charge on any atom is 0.308 e. The molecular formula is C56H80O5. The van der Waals surface area contributed by atoms with Gasteiger partial charge in [-0.05, 0) is 221 Å². The van der Waals surface area contributed by atoms with Gasteiger partial charge in [0.15, 0.2) is 11.5 Å². The molecule has 0 radical (unpaired) electrons. The summed E-state index contributed by atoms with van der Waals surface area (Å²) in [6, 6.07) is 6.05. The van der Waals surface area contributed by atoms with E-state index in [0.717, 1.165) is 142 Å². The Labute approximate surface area is 371 Å². The molecule has 0 bridgehead atoms. The average Bonchev–Trinajstić information content (AvgIpc) is 3.16. The highest BCUT2D eigenvalue weighted by atomic mass is 16.6. The number of hydrogen-bond acceptors (Lipinski definition) is 5. The van der Waals surface area contributed by atoms with Gasteiger partial charge in [-0.15, -0.1) is 0 Å². The molecule has 0 saturated carbocycles. The minimum Gasteiger partial charge on any atom is -0.487 e. The largest absolute Gasteiger partial charge is 0.487 e. The molecule has 61 heavy (non-hydrogen) atoms. The van der Waals surface area contributed by atoms with E-state index in [0.29, 0.717) is 11.5 Å². The summed E-state index contributed by atoms with van der Waals surface area (Å²) in [7, 11) is 0. The minimum atomic E-state index is -0.376. The van der Waals surface area contributed by atoms with Crippen molar-refractivity contribution in [2.24, 2.45) is 0 Å². The first-order chi connectivity index (χ1) is 28.8. The second-order valence-corrected chi connectivity index (χ2v) is 19.4. The maximum atomic E-state index is 12.3. The van der Waals surface area contributed by atoms with E-state index in [4.69, 9.17) is 18.9 Å². The molecule has 0 spiro atoms. The number of fused-ring (bicyclic) bond motifs is 2. The van der Waals surface area contributed by atoms with Crippen LogP contribution in [0.2, 0.25) is 0 Å². The zero-order valence-corrected chi connectivity index (χ0v) is 40.6. The summed E-state index contributed by atoms with van der Waals surface area (Å²) in [5, 5.41) is 0. The van der Waals surface area contributed by atoms with Gasteiger partial charge in [-0.1, -0.05) is 69.9 Å². The van der Waals surface area contributed by atoms with Gasteiger partial charge in [0.25, 0.3) is 0 Å². The first kappa shape index (κ1) is 49.4. The molecule has 2 atom stereocenters. The van der Waals surface area contributed by atoms with Gasteiger partial charge < -0.3 is 18.9 Å². The van der Waals surface area contributed by atoms with Crippen LogP contribution in [0.5, 0.6) is 28.7 Å². The molecule has 5 heteroatoms. The maximum absolute atomic E-state index is 12.3. The van der Waals surface area contributed by atoms with Crippen LogP contribution in [0.25, 0.3) is 0 Å². The van der Waals surface area contributed by atoms with Crippen molar-refractivity contribution >= 4 is 5.97 Å². The van der Waals surface area contributed by atoms with Crippen molar-refractivity contribution < 1.29 is 23.7 Å². The molecule has 2 aliphatic heterocycles. The van der Waals surface area contributed by atoms with Crippen molar-refractivity contribution in [1.29, 1.82) is 0 Å². The van der Waals surface area contributed by atoms with Gasteiger partial charge in [0, 0.05) is 12.5 Å². The van der Waals surface area contributed by atoms with Crippen LogP contribution in [-0.2, 0) is 17.6 Å². The monoisotopic (exact) mass is 833 g/mol. The standard InChI is InChI=1S/C56H80O5/c1-39(2)20-14-22-41(5)24-16-26-43(7)28-18-32-55(12)34-30-48-38-49(36-45(9)52(48)60-55)59-54-50-31-35-56(13,61-53(50)46(10)37-51(54)58-47(11)57)33-19-29-44(8)27-17-25-42(6)23-15-21-40(3)4/h20-21,24-25,28-29,36-38H,14-19,22-23,26-27,30-35H2,1-13H3/b41-24+,42-25+,43-28+,44-29+/t55-,56+/m0/s1. The van der Waals surface area contributed by atoms with E-state index < -0.39 is 0 Å². The lowest BCUT2D eigenvalue weighted by molar-refractivity contribution is -0.132. The Hall–Kier alpha value is -4.25. The lowest BCUT2D eigenvalue weighted by atomic mass is 9.87. The molecule has 2 aromatic carbocycles. The van der Waals surface area contributed by atoms with Crippen LogP contribution < -0.4 is 18.9 Å². The van der Waals surface area contributed by atoms with Crippen molar-refractivity contribution in [2.45, 2.75) is 204 Å². The van der Waals surface area contributed by atoms with Gasteiger partial charge in [0.1, 0.15) is 28.5 Å². The normalized spacial score (nSPS) is 19.3. The molecule has 0 fully saturated rings. The number of hydrogen-bond donors (Lipinski definition) is 0. The second-order valence-electron chi connectivity index (χ2n) is 19.4. The lowest BCUT2D eigenvalue weighted by Gasteiger charge is -2.38. The van der Waals surface area contributed by atoms with Gasteiger partial charge in [-0.25, -0.2) is 0 Å². The van der Waals surface area contributed by atoms with E-state index in [9.17, 15) is 4.79 Å². The van der Waals surface area contributed by atoms with Crippen molar-refractivity contribution in [1.82, 2.24) is 0 Å². The molecule has 5 nitrogen and oxygen atoms in total. The third kappa shape index (κ3) is 16.2. The Morgan fingerprint density at radius 1 is 0.590 bits per heavy atom. The van der Waals surface area contributed by atoms with Gasteiger partial charge in [-0.3, -0.25) is 4.79 Å². The number of allylic oxidation sites excluding steroid dienone is 12. The number of benzene rings is 2. The zero-order chi connectivity index (χ0) is 44.7. The second kappa shape index (κ2) is 23.3. The van der Waals surface area contributed by atoms with Crippen LogP contribution in [0, 0.1) is 13.8 Å². The first-order valence-electron chi connectivity index (χ1n) is 23.3. The van der Waals surface area contributed by atoms with Crippen molar-refractivity contribution in [3.05, 3.63) is 110 Å². The summed E-state index contributed by atoms with van der Waals surface area (Å²) in [4.78, 5) is 12.3. The van der Waals surface area contributed by atoms with E-state index in [1.807, 2.05) is 13.0 Å². The predicted octanol–water partition coefficient (Wildman–Crippen LogP) is 16.6. The SMILES string of the molecule is CC(=O)Oc1cc(C)c2c(c1Oc1cc(C)c3c(c1)CC[C@](C)(CC/C=C(\C)CC/C=C(\C)CCC=C(C)C)O3)CC[C@@](C)(CC/C=C(\C)CC/C=C(\C)CCC=C(C)C)O2. The third-order valence-electron chi connectivity index (χ3n) is 12.4. The number of aryl methyl sites for hydroxylation is 3. The smallest absolute Gasteiger partial charge is 0.308 e. The van der Waals surface area contributed by atoms with Crippen LogP contribution in [0.15, 0.2) is 88.1 Å². The van der Waals surface area contributed by atoms with E-state index in [1.165, 1.54) is 40.4 Å². The number of ether oxygens (including phenoxy) is 4. The van der Waals surface area contributed by atoms with Gasteiger partial charge >= 0.3 is 5.97 Å². The van der Waals surface area contributed by atoms with Gasteiger partial charge in [0.05, 0.1) is 0 Å². The molecule has 0 unspecified atom stereocenters. The summed E-state index contributed by atoms with van der Waals surface area (Å²) in [5.41, 5.74) is 12.2. The Morgan fingerprint density at radius 3 is 1.52 bits per heavy atom. The number of carbonyl (C=O) groups excluding carboxylic acids is 1. The molecule has 0 aliphatic carbocycles. The molecule has 2 aromatic rings. The highest BCUT2D eigenvalue weighted by Crippen LogP contribution is 2.49. The van der Waals surface area contributed by atoms with Crippen molar-refractivity contribution in [2.75, 3.05) is 0 Å². The summed E-state index contributed by atoms with van der Waals surface area (Å²) < 4.78 is 26.2. The van der Waals surface area contributed by atoms with Gasteiger partial charge in [0.2, 0.25) is 0 Å². The Kier molecular flexibility index (Phi) is 18.8. The van der Waals surface area contributed by atoms with E-state index in [-0.39, 0.29) is 17.2 Å². The highest BCUT2D eigenvalue weighted by Gasteiger charge is 2.36. The molecule has 4 rings (SSSR count). The van der Waals surface area contributed by atoms with Crippen LogP contribution >= 0.6 is 0 Å². The van der Waals surface area contributed by atoms with Gasteiger partial charge in [-0.2, -0.15) is 0 Å². The van der Waals surface area contributed by atoms with Crippen LogP contribution in [0.3, 0.4) is 0 Å². The molecule has 0 N–H and O–H groups in total. The summed E-state index contributed by atoms with van der Waals surface area (Å²) in [6.07, 6.45) is 30.5. The zero-order valence-electron chi connectivity index (χ0n) is 40.6. The highest BCUT2D eigenvalue weighted by molar-refractivity contribution is 5.72. The number of esters is 1. The Balaban J connectivity index is 1.40. The quantitative estimate of drug-likeness (QED) is 0.0712. The average molecular weight is 833 g/mol. The van der Waals surface area contributed by atoms with Crippen molar-refractivity contribution in [3.63, 3.8) is 0 Å². The molecule has 0 saturated heterocycles. The molecular weight excluding hydrogens is 753 g/mol. The van der Waals surface area contributed by atoms with Crippen LogP contribution in [0.4, 0.5) is 0 Å². The first-order valence-corrected chi connectivity index (χ1v) is 23.3. The number of carbonyl (C=O) groups is 1. The predicted molar refractivity (Wildman–Crippen MR) is 258 cm³/mol. The molecule has 2 aliphatic rings. The van der Waals surface area contributed by atoms with E-state index >= 15 is 0 Å². The summed E-state index contributed by atoms with van der Waals surface area (Å²) >= 11 is 0. The fraction of sp³-hybridized carbons (Fsp3) is 0.554. The number of rotatable bonds is 21.